The highest BCUT2D eigenvalue weighted by Crippen LogP contribution is 2.33. The topological polar surface area (TPSA) is 90.4 Å². The molecule has 192 valence electrons. The third-order valence-corrected chi connectivity index (χ3v) is 4.31. The highest BCUT2D eigenvalue weighted by molar-refractivity contribution is 5.84. The lowest BCUT2D eigenvalue weighted by molar-refractivity contribution is -0.120. The van der Waals surface area contributed by atoms with Gasteiger partial charge in [0, 0.05) is 24.4 Å². The number of aromatic nitrogens is 1. The second-order valence-corrected chi connectivity index (χ2v) is 8.42. The minimum atomic E-state index is 0.0751. The molecule has 1 aromatic carbocycles. The summed E-state index contributed by atoms with van der Waals surface area (Å²) in [4.78, 5) is 11.3. The average Bonchev–Trinajstić information content (AvgIpc) is 3.19. The molecule has 2 aromatic rings. The van der Waals surface area contributed by atoms with Crippen LogP contribution in [0.5, 0.6) is 5.75 Å². The number of nitrogens with zero attached hydrogens (tertiary/aromatic N) is 1. The van der Waals surface area contributed by atoms with E-state index in [1.165, 1.54) is 0 Å². The minimum absolute atomic E-state index is 0.0751. The van der Waals surface area contributed by atoms with E-state index in [-0.39, 0.29) is 11.3 Å². The zero-order valence-corrected chi connectivity index (χ0v) is 23.1. The van der Waals surface area contributed by atoms with E-state index < -0.39 is 0 Å². The van der Waals surface area contributed by atoms with E-state index in [1.54, 1.807) is 7.05 Å². The Balaban J connectivity index is 0. The number of nitrogens with two attached hydrogens (primary N) is 1. The Morgan fingerprint density at radius 1 is 1.12 bits per heavy atom. The molecule has 0 fully saturated rings. The standard InChI is InChI=1S/C21H32N2O3.C2H7N.2C2H6/c1-6-9-16-18(25-13-8-7-10-19(24)22-5)12-11-15-17(14-21(2,3)4)23-26-20(15)16;1-2-3;2*1-2/h11-12H,6-10,13-14H2,1-5H3,(H,22,24);2-3H2,1H3;2*1-2H3. The van der Waals surface area contributed by atoms with Gasteiger partial charge in [-0.2, -0.15) is 0 Å². The van der Waals surface area contributed by atoms with Crippen molar-refractivity contribution in [3.05, 3.63) is 23.4 Å². The van der Waals surface area contributed by atoms with Gasteiger partial charge in [-0.25, -0.2) is 0 Å². The highest BCUT2D eigenvalue weighted by atomic mass is 16.5. The van der Waals surface area contributed by atoms with Crippen molar-refractivity contribution < 1.29 is 14.1 Å². The number of fused-ring (bicyclic) bond motifs is 1. The molecule has 0 aliphatic heterocycles. The van der Waals surface area contributed by atoms with Crippen LogP contribution in [0.25, 0.3) is 11.0 Å². The monoisotopic (exact) mass is 465 g/mol. The summed E-state index contributed by atoms with van der Waals surface area (Å²) in [5.74, 6) is 0.948. The maximum Gasteiger partial charge on any atom is 0.219 e. The van der Waals surface area contributed by atoms with E-state index in [0.717, 1.165) is 66.6 Å². The Kier molecular flexibility index (Phi) is 19.5. The first-order valence-corrected chi connectivity index (χ1v) is 12.7. The van der Waals surface area contributed by atoms with Crippen LogP contribution in [-0.2, 0) is 17.6 Å². The number of benzene rings is 1. The molecule has 2 rings (SSSR count). The van der Waals surface area contributed by atoms with Crippen molar-refractivity contribution in [3.8, 4) is 5.75 Å². The third kappa shape index (κ3) is 13.3. The lowest BCUT2D eigenvalue weighted by Gasteiger charge is -2.16. The van der Waals surface area contributed by atoms with Crippen molar-refractivity contribution in [1.82, 2.24) is 10.5 Å². The van der Waals surface area contributed by atoms with Crippen molar-refractivity contribution in [2.45, 2.75) is 101 Å². The Morgan fingerprint density at radius 3 is 2.24 bits per heavy atom. The van der Waals surface area contributed by atoms with Gasteiger partial charge < -0.3 is 20.3 Å². The largest absolute Gasteiger partial charge is 0.493 e. The summed E-state index contributed by atoms with van der Waals surface area (Å²) < 4.78 is 11.7. The fraction of sp³-hybridized carbons (Fsp3) is 0.704. The molecule has 33 heavy (non-hydrogen) atoms. The summed E-state index contributed by atoms with van der Waals surface area (Å²) in [6, 6.07) is 4.10. The van der Waals surface area contributed by atoms with Crippen LogP contribution in [-0.4, -0.2) is 31.3 Å². The average molecular weight is 466 g/mol. The predicted molar refractivity (Wildman–Crippen MR) is 142 cm³/mol. The van der Waals surface area contributed by atoms with Gasteiger partial charge in [0.15, 0.2) is 5.58 Å². The van der Waals surface area contributed by atoms with Crippen LogP contribution in [0, 0.1) is 5.41 Å². The van der Waals surface area contributed by atoms with Crippen LogP contribution >= 0.6 is 0 Å². The van der Waals surface area contributed by atoms with Crippen LogP contribution in [0.3, 0.4) is 0 Å². The van der Waals surface area contributed by atoms with Crippen LogP contribution in [0.15, 0.2) is 16.7 Å². The van der Waals surface area contributed by atoms with Gasteiger partial charge in [0.2, 0.25) is 5.91 Å². The Labute approximate surface area is 203 Å². The molecule has 6 heteroatoms. The molecule has 0 unspecified atom stereocenters. The van der Waals surface area contributed by atoms with Crippen molar-refractivity contribution in [1.29, 1.82) is 0 Å². The normalized spacial score (nSPS) is 10.2. The van der Waals surface area contributed by atoms with E-state index >= 15 is 0 Å². The number of amides is 1. The van der Waals surface area contributed by atoms with Gasteiger partial charge >= 0.3 is 0 Å². The Hall–Kier alpha value is -2.08. The number of hydrogen-bond donors (Lipinski definition) is 2. The predicted octanol–water partition coefficient (Wildman–Crippen LogP) is 6.68. The molecule has 0 radical (unpaired) electrons. The van der Waals surface area contributed by atoms with E-state index in [0.29, 0.717) is 13.0 Å². The Morgan fingerprint density at radius 2 is 1.73 bits per heavy atom. The number of carbonyl (C=O) groups excluding carboxylic acids is 1. The fourth-order valence-corrected chi connectivity index (χ4v) is 3.04. The van der Waals surface area contributed by atoms with Crippen LogP contribution in [0.2, 0.25) is 0 Å². The summed E-state index contributed by atoms with van der Waals surface area (Å²) in [6.07, 6.45) is 5.01. The molecular weight excluding hydrogens is 414 g/mol. The van der Waals surface area contributed by atoms with Gasteiger partial charge in [-0.05, 0) is 49.8 Å². The fourth-order valence-electron chi connectivity index (χ4n) is 3.04. The van der Waals surface area contributed by atoms with E-state index in [1.807, 2.05) is 40.7 Å². The lowest BCUT2D eigenvalue weighted by Crippen LogP contribution is -2.17. The molecule has 0 atom stereocenters. The maximum atomic E-state index is 11.3. The van der Waals surface area contributed by atoms with Gasteiger partial charge in [-0.15, -0.1) is 0 Å². The van der Waals surface area contributed by atoms with Gasteiger partial charge in [-0.3, -0.25) is 4.79 Å². The SMILES string of the molecule is CC.CC.CCCc1c(OCCCCC(=O)NC)ccc2c(CC(C)(C)C)noc12.CCN. The molecule has 0 saturated carbocycles. The second kappa shape index (κ2) is 19.4. The molecule has 1 aromatic heterocycles. The summed E-state index contributed by atoms with van der Waals surface area (Å²) in [5.41, 5.74) is 7.98. The molecule has 6 nitrogen and oxygen atoms in total. The Bertz CT molecular complexity index is 749. The number of aryl methyl sites for hydroxylation is 1. The number of ether oxygens (including phenoxy) is 1. The molecular formula is C27H51N3O3. The molecule has 0 saturated heterocycles. The van der Waals surface area contributed by atoms with E-state index in [4.69, 9.17) is 15.0 Å². The maximum absolute atomic E-state index is 11.3. The van der Waals surface area contributed by atoms with Gasteiger partial charge in [0.1, 0.15) is 5.75 Å². The molecule has 1 amide bonds. The number of carbonyl (C=O) groups is 1. The first kappa shape index (κ1) is 33.1. The first-order valence-electron chi connectivity index (χ1n) is 12.7. The summed E-state index contributed by atoms with van der Waals surface area (Å²) in [5, 5.41) is 8.06. The molecule has 0 bridgehead atoms. The number of rotatable bonds is 9. The molecule has 3 N–H and O–H groups in total. The van der Waals surface area contributed by atoms with Gasteiger partial charge in [0.25, 0.3) is 0 Å². The lowest BCUT2D eigenvalue weighted by atomic mass is 9.89. The van der Waals surface area contributed by atoms with E-state index in [2.05, 4.69) is 44.2 Å². The van der Waals surface area contributed by atoms with Crippen molar-refractivity contribution in [2.75, 3.05) is 20.2 Å². The zero-order valence-electron chi connectivity index (χ0n) is 23.1. The van der Waals surface area contributed by atoms with E-state index in [9.17, 15) is 4.79 Å². The molecule has 1 heterocycles. The third-order valence-electron chi connectivity index (χ3n) is 4.31. The van der Waals surface area contributed by atoms with Crippen molar-refractivity contribution >= 4 is 16.9 Å². The van der Waals surface area contributed by atoms with Crippen molar-refractivity contribution in [3.63, 3.8) is 0 Å². The van der Waals surface area contributed by atoms with Crippen molar-refractivity contribution in [2.24, 2.45) is 11.1 Å². The number of unbranched alkanes of at least 4 members (excludes halogenated alkanes) is 1. The minimum Gasteiger partial charge on any atom is -0.493 e. The second-order valence-electron chi connectivity index (χ2n) is 8.42. The zero-order chi connectivity index (χ0) is 25.9. The van der Waals surface area contributed by atoms with Gasteiger partial charge in [-0.1, -0.05) is 73.9 Å². The number of hydrogen-bond acceptors (Lipinski definition) is 5. The van der Waals surface area contributed by atoms with Crippen LogP contribution in [0.1, 0.15) is 99.3 Å². The quantitative estimate of drug-likeness (QED) is 0.403. The molecule has 0 spiro atoms. The summed E-state index contributed by atoms with van der Waals surface area (Å²) in [7, 11) is 1.66. The molecule has 0 aliphatic rings. The summed E-state index contributed by atoms with van der Waals surface area (Å²) in [6.45, 7) is 20.0. The number of nitrogens with one attached hydrogen (secondary N) is 1. The highest BCUT2D eigenvalue weighted by Gasteiger charge is 2.20. The van der Waals surface area contributed by atoms with Crippen LogP contribution in [0.4, 0.5) is 0 Å². The smallest absolute Gasteiger partial charge is 0.219 e. The van der Waals surface area contributed by atoms with Crippen LogP contribution < -0.4 is 15.8 Å². The summed E-state index contributed by atoms with van der Waals surface area (Å²) >= 11 is 0. The molecule has 0 aliphatic carbocycles. The first-order chi connectivity index (χ1) is 15.8. The van der Waals surface area contributed by atoms with Gasteiger partial charge in [0.05, 0.1) is 12.3 Å².